The predicted octanol–water partition coefficient (Wildman–Crippen LogP) is 4.14. The Balaban J connectivity index is 1.70. The summed E-state index contributed by atoms with van der Waals surface area (Å²) in [4.78, 5) is 14.2. The van der Waals surface area contributed by atoms with Crippen LogP contribution in [0, 0.1) is 0 Å². The molecule has 0 radical (unpaired) electrons. The Bertz CT molecular complexity index is 1180. The lowest BCUT2D eigenvalue weighted by Gasteiger charge is -2.17. The highest BCUT2D eigenvalue weighted by molar-refractivity contribution is 7.90. The van der Waals surface area contributed by atoms with Gasteiger partial charge in [-0.1, -0.05) is 24.3 Å². The van der Waals surface area contributed by atoms with Gasteiger partial charge < -0.3 is 18.8 Å². The third-order valence-corrected chi connectivity index (χ3v) is 6.17. The summed E-state index contributed by atoms with van der Waals surface area (Å²) in [7, 11) is -0.790. The van der Waals surface area contributed by atoms with Crippen LogP contribution in [0.2, 0.25) is 0 Å². The fraction of sp³-hybridized carbons (Fsp3) is 0.227. The van der Waals surface area contributed by atoms with E-state index in [1.807, 2.05) is 0 Å². The molecule has 1 heterocycles. The second kappa shape index (κ2) is 9.82. The van der Waals surface area contributed by atoms with E-state index in [1.54, 1.807) is 24.3 Å². The molecule has 7 nitrogen and oxygen atoms in total. The van der Waals surface area contributed by atoms with Crippen molar-refractivity contribution in [3.8, 4) is 11.5 Å². The third-order valence-electron chi connectivity index (χ3n) is 4.52. The molecule has 0 saturated carbocycles. The van der Waals surface area contributed by atoms with Gasteiger partial charge in [0.05, 0.1) is 12.0 Å². The summed E-state index contributed by atoms with van der Waals surface area (Å²) in [5, 5.41) is 0. The van der Waals surface area contributed by atoms with Crippen molar-refractivity contribution >= 4 is 15.7 Å². The number of carbonyl (C=O) groups is 1. The molecule has 0 saturated heterocycles. The first-order valence-corrected chi connectivity index (χ1v) is 11.1. The van der Waals surface area contributed by atoms with Gasteiger partial charge in [-0.25, -0.2) is 8.42 Å². The number of furan rings is 1. The maximum absolute atomic E-state index is 12.7. The number of amides is 1. The number of benzene rings is 2. The smallest absolute Gasteiger partial charge is 0.387 e. The normalized spacial score (nSPS) is 11.4. The molecule has 0 fully saturated rings. The number of nitrogens with zero attached hydrogens (tertiary/aromatic N) is 1. The van der Waals surface area contributed by atoms with Crippen molar-refractivity contribution in [2.24, 2.45) is 0 Å². The number of methoxy groups -OCH3 is 1. The summed E-state index contributed by atoms with van der Waals surface area (Å²) in [5.74, 6) is -0.807. The number of hydrogen-bond donors (Lipinski definition) is 0. The van der Waals surface area contributed by atoms with E-state index in [9.17, 15) is 22.0 Å². The summed E-state index contributed by atoms with van der Waals surface area (Å²) < 4.78 is 65.1. The van der Waals surface area contributed by atoms with E-state index in [0.29, 0.717) is 5.56 Å². The van der Waals surface area contributed by atoms with Gasteiger partial charge in [0.25, 0.3) is 5.91 Å². The average molecular weight is 465 g/mol. The van der Waals surface area contributed by atoms with Crippen molar-refractivity contribution in [3.63, 3.8) is 0 Å². The van der Waals surface area contributed by atoms with Gasteiger partial charge in [-0.05, 0) is 42.0 Å². The van der Waals surface area contributed by atoms with Gasteiger partial charge in [-0.2, -0.15) is 8.78 Å². The molecule has 3 rings (SSSR count). The Morgan fingerprint density at radius 2 is 1.78 bits per heavy atom. The Hall–Kier alpha value is -3.40. The lowest BCUT2D eigenvalue weighted by Crippen LogP contribution is -2.25. The summed E-state index contributed by atoms with van der Waals surface area (Å²) in [6.45, 7) is -2.95. The quantitative estimate of drug-likeness (QED) is 0.472. The van der Waals surface area contributed by atoms with E-state index in [0.717, 1.165) is 0 Å². The van der Waals surface area contributed by atoms with Crippen LogP contribution in [-0.2, 0) is 22.1 Å². The van der Waals surface area contributed by atoms with Crippen molar-refractivity contribution in [3.05, 3.63) is 77.7 Å². The standard InChI is InChI=1S/C22H21F2NO6S/c1-25(13-15-8-10-18(29-2)20(12-15)31-22(23)24)21(26)19-11-9-16(30-19)14-32(27,28)17-6-4-3-5-7-17/h3-12,22H,13-14H2,1-2H3. The highest BCUT2D eigenvalue weighted by atomic mass is 32.2. The van der Waals surface area contributed by atoms with Gasteiger partial charge in [0.2, 0.25) is 0 Å². The van der Waals surface area contributed by atoms with Crippen molar-refractivity contribution in [2.75, 3.05) is 14.2 Å². The minimum Gasteiger partial charge on any atom is -0.493 e. The largest absolute Gasteiger partial charge is 0.493 e. The first-order valence-electron chi connectivity index (χ1n) is 9.43. The highest BCUT2D eigenvalue weighted by Gasteiger charge is 2.21. The van der Waals surface area contributed by atoms with Gasteiger partial charge in [0.1, 0.15) is 11.5 Å². The number of hydrogen-bond acceptors (Lipinski definition) is 6. The molecule has 1 aromatic heterocycles. The molecule has 1 amide bonds. The van der Waals surface area contributed by atoms with Crippen LogP contribution in [0.1, 0.15) is 21.9 Å². The van der Waals surface area contributed by atoms with E-state index in [1.165, 1.54) is 55.5 Å². The molecule has 3 aromatic rings. The van der Waals surface area contributed by atoms with Gasteiger partial charge >= 0.3 is 6.61 Å². The molecular formula is C22H21F2NO6S. The zero-order valence-corrected chi connectivity index (χ0v) is 18.1. The number of halogens is 2. The molecule has 170 valence electrons. The molecule has 0 aliphatic carbocycles. The van der Waals surface area contributed by atoms with Crippen LogP contribution < -0.4 is 9.47 Å². The molecular weight excluding hydrogens is 444 g/mol. The first kappa shape index (κ1) is 23.3. The summed E-state index contributed by atoms with van der Waals surface area (Å²) >= 11 is 0. The first-order chi connectivity index (χ1) is 15.2. The fourth-order valence-corrected chi connectivity index (χ4v) is 4.28. The monoisotopic (exact) mass is 465 g/mol. The summed E-state index contributed by atoms with van der Waals surface area (Å²) in [6.07, 6.45) is 0. The molecule has 0 unspecified atom stereocenters. The number of carbonyl (C=O) groups excluding carboxylic acids is 1. The Morgan fingerprint density at radius 1 is 1.06 bits per heavy atom. The van der Waals surface area contributed by atoms with Crippen molar-refractivity contribution in [1.82, 2.24) is 4.90 Å². The minimum atomic E-state index is -3.62. The zero-order chi connectivity index (χ0) is 23.3. The van der Waals surface area contributed by atoms with Crippen molar-refractivity contribution < 1.29 is 35.9 Å². The van der Waals surface area contributed by atoms with Crippen LogP contribution in [0.15, 0.2) is 70.0 Å². The molecule has 0 spiro atoms. The second-order valence-corrected chi connectivity index (χ2v) is 8.85. The molecule has 0 aliphatic heterocycles. The number of ether oxygens (including phenoxy) is 2. The van der Waals surface area contributed by atoms with Gasteiger partial charge in [-0.15, -0.1) is 0 Å². The molecule has 32 heavy (non-hydrogen) atoms. The molecule has 0 bridgehead atoms. The fourth-order valence-electron chi connectivity index (χ4n) is 3.01. The van der Waals surface area contributed by atoms with Crippen LogP contribution in [0.5, 0.6) is 11.5 Å². The third kappa shape index (κ3) is 5.64. The number of alkyl halides is 2. The summed E-state index contributed by atoms with van der Waals surface area (Å²) in [5.41, 5.74) is 0.524. The molecule has 2 aromatic carbocycles. The maximum Gasteiger partial charge on any atom is 0.387 e. The second-order valence-electron chi connectivity index (χ2n) is 6.86. The van der Waals surface area contributed by atoms with Crippen LogP contribution in [0.4, 0.5) is 8.78 Å². The van der Waals surface area contributed by atoms with Crippen molar-refractivity contribution in [2.45, 2.75) is 23.8 Å². The van der Waals surface area contributed by atoms with E-state index >= 15 is 0 Å². The SMILES string of the molecule is COc1ccc(CN(C)C(=O)c2ccc(CS(=O)(=O)c3ccccc3)o2)cc1OC(F)F. The lowest BCUT2D eigenvalue weighted by molar-refractivity contribution is -0.0512. The molecule has 0 atom stereocenters. The van der Waals surface area contributed by atoms with Gasteiger partial charge in [-0.3, -0.25) is 4.79 Å². The average Bonchev–Trinajstić information content (AvgIpc) is 3.21. The molecule has 10 heteroatoms. The van der Waals surface area contributed by atoms with Gasteiger partial charge in [0, 0.05) is 13.6 Å². The molecule has 0 N–H and O–H groups in total. The summed E-state index contributed by atoms with van der Waals surface area (Å²) in [6, 6.07) is 15.2. The lowest BCUT2D eigenvalue weighted by atomic mass is 10.2. The zero-order valence-electron chi connectivity index (χ0n) is 17.3. The number of rotatable bonds is 9. The van der Waals surface area contributed by atoms with E-state index < -0.39 is 22.4 Å². The van der Waals surface area contributed by atoms with Gasteiger partial charge in [0.15, 0.2) is 27.1 Å². The topological polar surface area (TPSA) is 86.0 Å². The van der Waals surface area contributed by atoms with Crippen LogP contribution in [-0.4, -0.2) is 40.0 Å². The highest BCUT2D eigenvalue weighted by Crippen LogP contribution is 2.30. The predicted molar refractivity (Wildman–Crippen MR) is 111 cm³/mol. The van der Waals surface area contributed by atoms with E-state index in [2.05, 4.69) is 4.74 Å². The Morgan fingerprint density at radius 3 is 2.44 bits per heavy atom. The Labute approximate surface area is 184 Å². The van der Waals surface area contributed by atoms with Crippen molar-refractivity contribution in [1.29, 1.82) is 0 Å². The van der Waals surface area contributed by atoms with E-state index in [4.69, 9.17) is 9.15 Å². The Kier molecular flexibility index (Phi) is 7.14. The van der Waals surface area contributed by atoms with E-state index in [-0.39, 0.29) is 40.2 Å². The molecule has 0 aliphatic rings. The minimum absolute atomic E-state index is 0.0386. The van der Waals surface area contributed by atoms with Crippen LogP contribution in [0.3, 0.4) is 0 Å². The number of sulfone groups is 1. The maximum atomic E-state index is 12.7. The van der Waals surface area contributed by atoms with Crippen LogP contribution in [0.25, 0.3) is 0 Å². The van der Waals surface area contributed by atoms with Crippen LogP contribution >= 0.6 is 0 Å².